The monoisotopic (exact) mass is 310 g/mol. The molecular formula is C16H20F2N2O2. The van der Waals surface area contributed by atoms with E-state index in [1.807, 2.05) is 0 Å². The number of carbonyl (C=O) groups is 1. The van der Waals surface area contributed by atoms with Crippen molar-refractivity contribution in [3.05, 3.63) is 30.1 Å². The molecule has 0 unspecified atom stereocenters. The first-order valence-corrected chi connectivity index (χ1v) is 7.70. The molecule has 1 aromatic rings. The molecule has 0 aromatic heterocycles. The molecule has 120 valence electrons. The Labute approximate surface area is 128 Å². The number of nitrogens with zero attached hydrogens (tertiary/aromatic N) is 1. The average molecular weight is 310 g/mol. The Morgan fingerprint density at radius 3 is 2.50 bits per heavy atom. The van der Waals surface area contributed by atoms with Gasteiger partial charge in [-0.3, -0.25) is 4.79 Å². The molecule has 4 nitrogen and oxygen atoms in total. The van der Waals surface area contributed by atoms with Crippen LogP contribution in [-0.4, -0.2) is 48.8 Å². The van der Waals surface area contributed by atoms with E-state index >= 15 is 0 Å². The molecule has 0 radical (unpaired) electrons. The van der Waals surface area contributed by atoms with Crippen molar-refractivity contribution in [3.63, 3.8) is 0 Å². The van der Waals surface area contributed by atoms with Gasteiger partial charge in [-0.1, -0.05) is 0 Å². The molecule has 2 aliphatic rings. The Kier molecular flexibility index (Phi) is 4.57. The Morgan fingerprint density at radius 1 is 1.23 bits per heavy atom. The highest BCUT2D eigenvalue weighted by atomic mass is 19.1. The molecular weight excluding hydrogens is 290 g/mol. The van der Waals surface area contributed by atoms with E-state index in [1.165, 1.54) is 12.1 Å². The second kappa shape index (κ2) is 6.60. The lowest BCUT2D eigenvalue weighted by Gasteiger charge is -2.33. The van der Waals surface area contributed by atoms with Gasteiger partial charge in [-0.2, -0.15) is 0 Å². The van der Waals surface area contributed by atoms with E-state index in [1.54, 1.807) is 17.0 Å². The van der Waals surface area contributed by atoms with E-state index < -0.39 is 6.17 Å². The lowest BCUT2D eigenvalue weighted by atomic mass is 10.1. The van der Waals surface area contributed by atoms with Gasteiger partial charge in [0.05, 0.1) is 6.04 Å². The number of nitrogens with one attached hydrogen (secondary N) is 1. The minimum atomic E-state index is -0.923. The minimum absolute atomic E-state index is 0.0135. The maximum atomic E-state index is 13.2. The Balaban J connectivity index is 1.48. The second-order valence-electron chi connectivity index (χ2n) is 5.89. The zero-order valence-electron chi connectivity index (χ0n) is 12.3. The number of amides is 1. The number of benzene rings is 1. The Hall–Kier alpha value is -1.69. The number of alkyl halides is 1. The minimum Gasteiger partial charge on any atom is -0.490 e. The number of hydrogen-bond acceptors (Lipinski definition) is 3. The van der Waals surface area contributed by atoms with E-state index in [4.69, 9.17) is 4.74 Å². The molecule has 2 saturated heterocycles. The third-order valence-corrected chi connectivity index (χ3v) is 4.25. The summed E-state index contributed by atoms with van der Waals surface area (Å²) in [5.74, 6) is 0.340. The highest BCUT2D eigenvalue weighted by Gasteiger charge is 2.34. The standard InChI is InChI=1S/C16H20F2N2O2/c17-11-1-3-13(4-2-11)22-14-5-7-20(8-6-14)16(21)15-9-12(18)10-19-15/h1-4,12,14-15,19H,5-10H2/t12-,15+/m0/s1. The zero-order chi connectivity index (χ0) is 15.5. The van der Waals surface area contributed by atoms with Gasteiger partial charge < -0.3 is 15.0 Å². The number of likely N-dealkylation sites (tertiary alicyclic amines) is 1. The highest BCUT2D eigenvalue weighted by molar-refractivity contribution is 5.82. The molecule has 6 heteroatoms. The first-order valence-electron chi connectivity index (χ1n) is 7.70. The molecule has 2 heterocycles. The van der Waals surface area contributed by atoms with Crippen LogP contribution >= 0.6 is 0 Å². The molecule has 3 rings (SSSR count). The fourth-order valence-electron chi connectivity index (χ4n) is 3.00. The molecule has 1 amide bonds. The molecule has 2 atom stereocenters. The van der Waals surface area contributed by atoms with Gasteiger partial charge in [0.15, 0.2) is 0 Å². The summed E-state index contributed by atoms with van der Waals surface area (Å²) in [5, 5.41) is 2.93. The van der Waals surface area contributed by atoms with Gasteiger partial charge in [-0.05, 0) is 24.3 Å². The zero-order valence-corrected chi connectivity index (χ0v) is 12.3. The van der Waals surface area contributed by atoms with Gasteiger partial charge in [0.25, 0.3) is 0 Å². The topological polar surface area (TPSA) is 41.6 Å². The first kappa shape index (κ1) is 15.2. The van der Waals surface area contributed by atoms with Crippen LogP contribution in [0.15, 0.2) is 24.3 Å². The van der Waals surface area contributed by atoms with Gasteiger partial charge in [0, 0.05) is 38.9 Å². The number of halogens is 2. The van der Waals surface area contributed by atoms with Crippen molar-refractivity contribution in [2.45, 2.75) is 37.6 Å². The van der Waals surface area contributed by atoms with Crippen LogP contribution in [-0.2, 0) is 4.79 Å². The van der Waals surface area contributed by atoms with Gasteiger partial charge in [0.1, 0.15) is 23.8 Å². The number of rotatable bonds is 3. The summed E-state index contributed by atoms with van der Waals surface area (Å²) in [4.78, 5) is 14.0. The molecule has 0 spiro atoms. The molecule has 0 saturated carbocycles. The largest absolute Gasteiger partial charge is 0.490 e. The van der Waals surface area contributed by atoms with E-state index in [-0.39, 0.29) is 36.8 Å². The van der Waals surface area contributed by atoms with Crippen LogP contribution in [0.5, 0.6) is 5.75 Å². The third-order valence-electron chi connectivity index (χ3n) is 4.25. The van der Waals surface area contributed by atoms with Crippen molar-refractivity contribution in [2.75, 3.05) is 19.6 Å². The van der Waals surface area contributed by atoms with Crippen LogP contribution in [0.4, 0.5) is 8.78 Å². The number of carbonyl (C=O) groups excluding carboxylic acids is 1. The predicted octanol–water partition coefficient (Wildman–Crippen LogP) is 1.90. The van der Waals surface area contributed by atoms with E-state index in [9.17, 15) is 13.6 Å². The quantitative estimate of drug-likeness (QED) is 0.927. The molecule has 1 aromatic carbocycles. The molecule has 2 fully saturated rings. The summed E-state index contributed by atoms with van der Waals surface area (Å²) < 4.78 is 31.8. The van der Waals surface area contributed by atoms with E-state index in [0.29, 0.717) is 18.8 Å². The Bertz CT molecular complexity index is 515. The summed E-state index contributed by atoms with van der Waals surface area (Å²) in [7, 11) is 0. The van der Waals surface area contributed by atoms with Crippen LogP contribution in [0.2, 0.25) is 0 Å². The molecule has 0 bridgehead atoms. The smallest absolute Gasteiger partial charge is 0.239 e. The lowest BCUT2D eigenvalue weighted by molar-refractivity contribution is -0.135. The van der Waals surface area contributed by atoms with Crippen LogP contribution in [0.25, 0.3) is 0 Å². The van der Waals surface area contributed by atoms with Crippen LogP contribution < -0.4 is 10.1 Å². The molecule has 2 aliphatic heterocycles. The fraction of sp³-hybridized carbons (Fsp3) is 0.562. The molecule has 22 heavy (non-hydrogen) atoms. The second-order valence-corrected chi connectivity index (χ2v) is 5.89. The normalized spacial score (nSPS) is 26.2. The van der Waals surface area contributed by atoms with Crippen molar-refractivity contribution in [1.82, 2.24) is 10.2 Å². The molecule has 0 aliphatic carbocycles. The van der Waals surface area contributed by atoms with Crippen LogP contribution in [0.1, 0.15) is 19.3 Å². The summed E-state index contributed by atoms with van der Waals surface area (Å²) in [6.45, 7) is 1.49. The van der Waals surface area contributed by atoms with Gasteiger partial charge in [-0.15, -0.1) is 0 Å². The van der Waals surface area contributed by atoms with Crippen molar-refractivity contribution >= 4 is 5.91 Å². The fourth-order valence-corrected chi connectivity index (χ4v) is 3.00. The molecule has 1 N–H and O–H groups in total. The summed E-state index contributed by atoms with van der Waals surface area (Å²) >= 11 is 0. The van der Waals surface area contributed by atoms with E-state index in [0.717, 1.165) is 12.8 Å². The van der Waals surface area contributed by atoms with Gasteiger partial charge >= 0.3 is 0 Å². The van der Waals surface area contributed by atoms with Gasteiger partial charge in [0.2, 0.25) is 5.91 Å². The van der Waals surface area contributed by atoms with Crippen molar-refractivity contribution < 1.29 is 18.3 Å². The summed E-state index contributed by atoms with van der Waals surface area (Å²) in [6, 6.07) is 5.57. The lowest BCUT2D eigenvalue weighted by Crippen LogP contribution is -2.48. The average Bonchev–Trinajstić information content (AvgIpc) is 2.96. The van der Waals surface area contributed by atoms with E-state index in [2.05, 4.69) is 5.32 Å². The number of hydrogen-bond donors (Lipinski definition) is 1. The third kappa shape index (κ3) is 3.55. The Morgan fingerprint density at radius 2 is 1.91 bits per heavy atom. The van der Waals surface area contributed by atoms with Crippen molar-refractivity contribution in [3.8, 4) is 5.75 Å². The summed E-state index contributed by atoms with van der Waals surface area (Å²) in [5.41, 5.74) is 0. The predicted molar refractivity (Wildman–Crippen MR) is 77.9 cm³/mol. The highest BCUT2D eigenvalue weighted by Crippen LogP contribution is 2.21. The number of ether oxygens (including phenoxy) is 1. The van der Waals surface area contributed by atoms with Crippen LogP contribution in [0, 0.1) is 5.82 Å². The SMILES string of the molecule is O=C([C@H]1C[C@H](F)CN1)N1CCC(Oc2ccc(F)cc2)CC1. The van der Waals surface area contributed by atoms with Crippen LogP contribution in [0.3, 0.4) is 0 Å². The summed E-state index contributed by atoms with van der Waals surface area (Å²) in [6.07, 6.45) is 0.836. The van der Waals surface area contributed by atoms with Crippen molar-refractivity contribution in [2.24, 2.45) is 0 Å². The maximum Gasteiger partial charge on any atom is 0.239 e. The van der Waals surface area contributed by atoms with Gasteiger partial charge in [-0.25, -0.2) is 8.78 Å². The number of piperidine rings is 1. The van der Waals surface area contributed by atoms with Crippen molar-refractivity contribution in [1.29, 1.82) is 0 Å². The first-order chi connectivity index (χ1) is 10.6. The maximum absolute atomic E-state index is 13.2.